The fraction of sp³-hybridized carbons (Fsp3) is 0.600. The van der Waals surface area contributed by atoms with Crippen molar-refractivity contribution in [2.75, 3.05) is 18.0 Å². The van der Waals surface area contributed by atoms with Gasteiger partial charge in [-0.2, -0.15) is 0 Å². The lowest BCUT2D eigenvalue weighted by Gasteiger charge is -2.32. The van der Waals surface area contributed by atoms with Crippen LogP contribution in [0.3, 0.4) is 0 Å². The van der Waals surface area contributed by atoms with Crippen LogP contribution in [0.1, 0.15) is 38.7 Å². The molecule has 1 amide bonds. The van der Waals surface area contributed by atoms with Gasteiger partial charge in [0, 0.05) is 19.1 Å². The average molecular weight is 376 g/mol. The van der Waals surface area contributed by atoms with Gasteiger partial charge in [0.15, 0.2) is 10.8 Å². The van der Waals surface area contributed by atoms with Crippen molar-refractivity contribution in [3.8, 4) is 0 Å². The number of halogens is 1. The number of aryl methyl sites for hydroxylation is 1. The molecule has 1 saturated heterocycles. The fourth-order valence-corrected chi connectivity index (χ4v) is 5.34. The maximum Gasteiger partial charge on any atom is 0.257 e. The minimum atomic E-state index is -1.81. The maximum atomic E-state index is 13.8. The molecule has 140 valence electrons. The molecule has 1 aliphatic heterocycles. The van der Waals surface area contributed by atoms with Crippen LogP contribution in [-0.2, 0) is 4.79 Å². The number of rotatable bonds is 3. The van der Waals surface area contributed by atoms with Crippen LogP contribution in [0.25, 0.3) is 10.2 Å². The molecule has 2 aliphatic rings. The Balaban J connectivity index is 1.44. The van der Waals surface area contributed by atoms with Crippen LogP contribution >= 0.6 is 11.3 Å². The van der Waals surface area contributed by atoms with E-state index in [0.29, 0.717) is 11.8 Å². The number of nitrogens with zero attached hydrogens (tertiary/aromatic N) is 2. The Morgan fingerprint density at radius 2 is 2.08 bits per heavy atom. The second-order valence-corrected chi connectivity index (χ2v) is 9.28. The van der Waals surface area contributed by atoms with Crippen molar-refractivity contribution in [2.24, 2.45) is 11.8 Å². The second kappa shape index (κ2) is 6.48. The summed E-state index contributed by atoms with van der Waals surface area (Å²) in [7, 11) is 0. The largest absolute Gasteiger partial charge is 0.351 e. The molecule has 1 aromatic carbocycles. The lowest BCUT2D eigenvalue weighted by Crippen LogP contribution is -2.47. The monoisotopic (exact) mass is 375 g/mol. The molecular weight excluding hydrogens is 349 g/mol. The molecule has 3 unspecified atom stereocenters. The highest BCUT2D eigenvalue weighted by molar-refractivity contribution is 7.22. The number of hydrogen-bond acceptors (Lipinski definition) is 4. The molecule has 26 heavy (non-hydrogen) atoms. The SMILES string of the molecule is Cc1cccc2nc(N3CC4CCC(NC(=O)C(C)(C)F)CC4C3)sc12. The van der Waals surface area contributed by atoms with Crippen LogP contribution in [0.2, 0.25) is 0 Å². The molecule has 2 heterocycles. The summed E-state index contributed by atoms with van der Waals surface area (Å²) in [5.41, 5.74) is 0.548. The highest BCUT2D eigenvalue weighted by atomic mass is 32.1. The van der Waals surface area contributed by atoms with Crippen molar-refractivity contribution in [1.82, 2.24) is 10.3 Å². The summed E-state index contributed by atoms with van der Waals surface area (Å²) >= 11 is 1.78. The Labute approximate surface area is 157 Å². The standard InChI is InChI=1S/C20H26FN3OS/c1-12-5-4-6-16-17(12)26-19(23-16)24-10-13-7-8-15(9-14(13)11-24)22-18(25)20(2,3)21/h4-6,13-15H,7-11H2,1-3H3,(H,22,25). The summed E-state index contributed by atoms with van der Waals surface area (Å²) in [5.74, 6) is 0.706. The minimum Gasteiger partial charge on any atom is -0.351 e. The molecule has 2 aromatic rings. The van der Waals surface area contributed by atoms with Crippen molar-refractivity contribution in [3.05, 3.63) is 23.8 Å². The highest BCUT2D eigenvalue weighted by Gasteiger charge is 2.40. The number of hydrogen-bond donors (Lipinski definition) is 1. The van der Waals surface area contributed by atoms with Gasteiger partial charge in [-0.15, -0.1) is 0 Å². The number of benzene rings is 1. The topological polar surface area (TPSA) is 45.2 Å². The molecule has 3 atom stereocenters. The van der Waals surface area contributed by atoms with E-state index < -0.39 is 11.6 Å². The number of thiazole rings is 1. The van der Waals surface area contributed by atoms with Gasteiger partial charge < -0.3 is 10.2 Å². The number of fused-ring (bicyclic) bond motifs is 2. The summed E-state index contributed by atoms with van der Waals surface area (Å²) in [6, 6.07) is 6.37. The van der Waals surface area contributed by atoms with Crippen molar-refractivity contribution in [1.29, 1.82) is 0 Å². The van der Waals surface area contributed by atoms with E-state index in [1.165, 1.54) is 24.1 Å². The second-order valence-electron chi connectivity index (χ2n) is 8.30. The first-order chi connectivity index (χ1) is 12.3. The van der Waals surface area contributed by atoms with Crippen LogP contribution in [0, 0.1) is 18.8 Å². The molecule has 0 radical (unpaired) electrons. The molecule has 1 aliphatic carbocycles. The molecular formula is C20H26FN3OS. The number of nitrogens with one attached hydrogen (secondary N) is 1. The van der Waals surface area contributed by atoms with E-state index in [4.69, 9.17) is 4.98 Å². The van der Waals surface area contributed by atoms with E-state index in [-0.39, 0.29) is 6.04 Å². The molecule has 0 bridgehead atoms. The van der Waals surface area contributed by atoms with Gasteiger partial charge in [-0.05, 0) is 63.5 Å². The average Bonchev–Trinajstić information content (AvgIpc) is 3.17. The highest BCUT2D eigenvalue weighted by Crippen LogP contribution is 2.40. The molecule has 1 saturated carbocycles. The zero-order chi connectivity index (χ0) is 18.5. The molecule has 1 N–H and O–H groups in total. The molecule has 6 heteroatoms. The van der Waals surface area contributed by atoms with Crippen molar-refractivity contribution in [2.45, 2.75) is 51.7 Å². The lowest BCUT2D eigenvalue weighted by atomic mass is 9.79. The van der Waals surface area contributed by atoms with E-state index in [1.54, 1.807) is 11.3 Å². The third-order valence-corrected chi connectivity index (χ3v) is 7.06. The van der Waals surface area contributed by atoms with E-state index in [2.05, 4.69) is 35.3 Å². The number of amides is 1. The van der Waals surface area contributed by atoms with Gasteiger partial charge in [0.25, 0.3) is 5.91 Å². The third-order valence-electron chi connectivity index (χ3n) is 5.80. The zero-order valence-corrected chi connectivity index (χ0v) is 16.4. The summed E-state index contributed by atoms with van der Waals surface area (Å²) in [6.45, 7) is 6.79. The predicted octanol–water partition coefficient (Wildman–Crippen LogP) is 4.07. The predicted molar refractivity (Wildman–Crippen MR) is 105 cm³/mol. The summed E-state index contributed by atoms with van der Waals surface area (Å²) in [6.07, 6.45) is 2.96. The summed E-state index contributed by atoms with van der Waals surface area (Å²) in [4.78, 5) is 19.2. The third kappa shape index (κ3) is 3.31. The summed E-state index contributed by atoms with van der Waals surface area (Å²) < 4.78 is 15.1. The normalized spacial score (nSPS) is 26.2. The Morgan fingerprint density at radius 3 is 2.81 bits per heavy atom. The lowest BCUT2D eigenvalue weighted by molar-refractivity contribution is -0.131. The van der Waals surface area contributed by atoms with Crippen LogP contribution < -0.4 is 10.2 Å². The van der Waals surface area contributed by atoms with E-state index in [0.717, 1.165) is 43.0 Å². The van der Waals surface area contributed by atoms with Crippen LogP contribution in [0.4, 0.5) is 9.52 Å². The van der Waals surface area contributed by atoms with E-state index in [9.17, 15) is 9.18 Å². The Bertz CT molecular complexity index is 828. The van der Waals surface area contributed by atoms with Gasteiger partial charge in [-0.3, -0.25) is 4.79 Å². The van der Waals surface area contributed by atoms with Gasteiger partial charge >= 0.3 is 0 Å². The maximum absolute atomic E-state index is 13.8. The van der Waals surface area contributed by atoms with Crippen molar-refractivity contribution in [3.63, 3.8) is 0 Å². The molecule has 0 spiro atoms. The first-order valence-corrected chi connectivity index (χ1v) is 10.2. The van der Waals surface area contributed by atoms with Crippen LogP contribution in [0.15, 0.2) is 18.2 Å². The fourth-order valence-electron chi connectivity index (χ4n) is 4.29. The quantitative estimate of drug-likeness (QED) is 0.879. The number of carbonyl (C=O) groups is 1. The molecule has 4 nitrogen and oxygen atoms in total. The number of anilines is 1. The number of alkyl halides is 1. The molecule has 2 fully saturated rings. The van der Waals surface area contributed by atoms with Crippen LogP contribution in [-0.4, -0.2) is 35.7 Å². The zero-order valence-electron chi connectivity index (χ0n) is 15.6. The molecule has 1 aromatic heterocycles. The summed E-state index contributed by atoms with van der Waals surface area (Å²) in [5, 5.41) is 4.02. The van der Waals surface area contributed by atoms with Crippen molar-refractivity contribution < 1.29 is 9.18 Å². The Hall–Kier alpha value is -1.69. The van der Waals surface area contributed by atoms with Crippen LogP contribution in [0.5, 0.6) is 0 Å². The van der Waals surface area contributed by atoms with Gasteiger partial charge in [0.05, 0.1) is 10.2 Å². The Kier molecular flexibility index (Phi) is 4.41. The number of carbonyl (C=O) groups excluding carboxylic acids is 1. The molecule has 4 rings (SSSR count). The first kappa shape index (κ1) is 17.7. The smallest absolute Gasteiger partial charge is 0.257 e. The number of aromatic nitrogens is 1. The van der Waals surface area contributed by atoms with Crippen molar-refractivity contribution >= 4 is 32.6 Å². The first-order valence-electron chi connectivity index (χ1n) is 9.42. The minimum absolute atomic E-state index is 0.0938. The van der Waals surface area contributed by atoms with E-state index in [1.807, 2.05) is 0 Å². The Morgan fingerprint density at radius 1 is 1.31 bits per heavy atom. The van der Waals surface area contributed by atoms with Gasteiger partial charge in [-0.1, -0.05) is 23.5 Å². The van der Waals surface area contributed by atoms with Gasteiger partial charge in [-0.25, -0.2) is 9.37 Å². The van der Waals surface area contributed by atoms with Gasteiger partial charge in [0.2, 0.25) is 0 Å². The van der Waals surface area contributed by atoms with E-state index >= 15 is 0 Å². The van der Waals surface area contributed by atoms with Gasteiger partial charge in [0.1, 0.15) is 0 Å².